The molecule has 1 saturated heterocycles. The molecule has 1 heterocycles. The highest BCUT2D eigenvalue weighted by Gasteiger charge is 2.23. The van der Waals surface area contributed by atoms with Gasteiger partial charge < -0.3 is 20.7 Å². The molecule has 1 saturated carbocycles. The third-order valence-electron chi connectivity index (χ3n) is 2.81. The molecule has 2 amide bonds. The molecule has 17 heavy (non-hydrogen) atoms. The number of morpholine rings is 1. The Labute approximate surface area is 100 Å². The van der Waals surface area contributed by atoms with Gasteiger partial charge in [-0.2, -0.15) is 0 Å². The summed E-state index contributed by atoms with van der Waals surface area (Å²) in [5, 5.41) is 8.57. The Kier molecular flexibility index (Phi) is 4.33. The number of nitrogens with one attached hydrogen (secondary N) is 3. The predicted molar refractivity (Wildman–Crippen MR) is 61.4 cm³/mol. The summed E-state index contributed by atoms with van der Waals surface area (Å²) in [6.07, 6.45) is 2.35. The highest BCUT2D eigenvalue weighted by Crippen LogP contribution is 2.18. The molecule has 6 heteroatoms. The van der Waals surface area contributed by atoms with E-state index in [4.69, 9.17) is 4.74 Å². The SMILES string of the molecule is O=C(CC1CNCCO1)NCC(=O)NC1CC1. The van der Waals surface area contributed by atoms with Gasteiger partial charge in [0, 0.05) is 19.1 Å². The lowest BCUT2D eigenvalue weighted by Gasteiger charge is -2.22. The standard InChI is InChI=1S/C11H19N3O3/c15-10(5-9-6-12-3-4-17-9)13-7-11(16)14-8-1-2-8/h8-9,12H,1-7H2,(H,13,15)(H,14,16). The first-order valence-electron chi connectivity index (χ1n) is 6.12. The third kappa shape index (κ3) is 4.70. The second-order valence-corrected chi connectivity index (χ2v) is 4.52. The zero-order valence-corrected chi connectivity index (χ0v) is 9.83. The van der Waals surface area contributed by atoms with E-state index in [0.29, 0.717) is 25.6 Å². The average Bonchev–Trinajstić information content (AvgIpc) is 3.12. The summed E-state index contributed by atoms with van der Waals surface area (Å²) in [7, 11) is 0. The molecule has 1 aliphatic carbocycles. The van der Waals surface area contributed by atoms with Crippen LogP contribution < -0.4 is 16.0 Å². The van der Waals surface area contributed by atoms with Gasteiger partial charge in [-0.3, -0.25) is 9.59 Å². The Hall–Kier alpha value is -1.14. The summed E-state index contributed by atoms with van der Waals surface area (Å²) in [5.41, 5.74) is 0. The van der Waals surface area contributed by atoms with Crippen molar-refractivity contribution in [2.45, 2.75) is 31.4 Å². The van der Waals surface area contributed by atoms with Gasteiger partial charge in [0.05, 0.1) is 25.7 Å². The van der Waals surface area contributed by atoms with Crippen LogP contribution in [0.25, 0.3) is 0 Å². The van der Waals surface area contributed by atoms with Crippen molar-refractivity contribution in [3.63, 3.8) is 0 Å². The van der Waals surface area contributed by atoms with Gasteiger partial charge in [0.25, 0.3) is 0 Å². The minimum absolute atomic E-state index is 0.0650. The van der Waals surface area contributed by atoms with Gasteiger partial charge in [-0.05, 0) is 12.8 Å². The number of carbonyl (C=O) groups is 2. The molecule has 6 nitrogen and oxygen atoms in total. The van der Waals surface area contributed by atoms with Crippen molar-refractivity contribution in [3.8, 4) is 0 Å². The normalized spacial score (nSPS) is 24.1. The maximum absolute atomic E-state index is 11.5. The zero-order valence-electron chi connectivity index (χ0n) is 9.83. The summed E-state index contributed by atoms with van der Waals surface area (Å²) in [6.45, 7) is 2.24. The summed E-state index contributed by atoms with van der Waals surface area (Å²) in [6, 6.07) is 0.338. The van der Waals surface area contributed by atoms with E-state index in [9.17, 15) is 9.59 Å². The highest BCUT2D eigenvalue weighted by molar-refractivity contribution is 5.85. The second-order valence-electron chi connectivity index (χ2n) is 4.52. The number of carbonyl (C=O) groups excluding carboxylic acids is 2. The Bertz CT molecular complexity index is 286. The van der Waals surface area contributed by atoms with E-state index in [1.54, 1.807) is 0 Å². The van der Waals surface area contributed by atoms with Crippen LogP contribution in [-0.2, 0) is 14.3 Å². The van der Waals surface area contributed by atoms with Crippen LogP contribution in [-0.4, -0.2) is 50.2 Å². The smallest absolute Gasteiger partial charge is 0.239 e. The number of hydrogen-bond donors (Lipinski definition) is 3. The van der Waals surface area contributed by atoms with E-state index >= 15 is 0 Å². The Morgan fingerprint density at radius 1 is 1.29 bits per heavy atom. The molecule has 96 valence electrons. The van der Waals surface area contributed by atoms with Gasteiger partial charge in [-0.25, -0.2) is 0 Å². The molecule has 1 atom stereocenters. The minimum atomic E-state index is -0.135. The molecule has 1 unspecified atom stereocenters. The molecule has 2 rings (SSSR count). The predicted octanol–water partition coefficient (Wildman–Crippen LogP) is -1.24. The number of amides is 2. The molecule has 0 aromatic carbocycles. The van der Waals surface area contributed by atoms with Crippen LogP contribution in [0.3, 0.4) is 0 Å². The highest BCUT2D eigenvalue weighted by atomic mass is 16.5. The third-order valence-corrected chi connectivity index (χ3v) is 2.81. The van der Waals surface area contributed by atoms with Gasteiger partial charge in [0.1, 0.15) is 0 Å². The van der Waals surface area contributed by atoms with E-state index in [-0.39, 0.29) is 24.5 Å². The molecular formula is C11H19N3O3. The fourth-order valence-electron chi connectivity index (χ4n) is 1.72. The fourth-order valence-corrected chi connectivity index (χ4v) is 1.72. The van der Waals surface area contributed by atoms with Crippen LogP contribution in [0.4, 0.5) is 0 Å². The second kappa shape index (κ2) is 5.97. The molecule has 0 bridgehead atoms. The number of hydrogen-bond acceptors (Lipinski definition) is 4. The van der Waals surface area contributed by atoms with Gasteiger partial charge in [0.15, 0.2) is 0 Å². The van der Waals surface area contributed by atoms with Crippen molar-refractivity contribution in [1.29, 1.82) is 0 Å². The molecule has 0 radical (unpaired) electrons. The maximum Gasteiger partial charge on any atom is 0.239 e. The van der Waals surface area contributed by atoms with Crippen molar-refractivity contribution in [1.82, 2.24) is 16.0 Å². The quantitative estimate of drug-likeness (QED) is 0.562. The topological polar surface area (TPSA) is 79.5 Å². The average molecular weight is 241 g/mol. The van der Waals surface area contributed by atoms with Gasteiger partial charge in [0.2, 0.25) is 11.8 Å². The number of ether oxygens (including phenoxy) is 1. The lowest BCUT2D eigenvalue weighted by Crippen LogP contribution is -2.43. The molecule has 0 aromatic heterocycles. The van der Waals surface area contributed by atoms with Crippen molar-refractivity contribution in [2.24, 2.45) is 0 Å². The Morgan fingerprint density at radius 3 is 2.76 bits per heavy atom. The van der Waals surface area contributed by atoms with Crippen molar-refractivity contribution < 1.29 is 14.3 Å². The molecule has 1 aliphatic heterocycles. The lowest BCUT2D eigenvalue weighted by atomic mass is 10.2. The van der Waals surface area contributed by atoms with Crippen molar-refractivity contribution in [3.05, 3.63) is 0 Å². The Morgan fingerprint density at radius 2 is 2.12 bits per heavy atom. The first-order chi connectivity index (χ1) is 8.24. The zero-order chi connectivity index (χ0) is 12.1. The summed E-state index contributed by atoms with van der Waals surface area (Å²) < 4.78 is 5.41. The lowest BCUT2D eigenvalue weighted by molar-refractivity contribution is -0.128. The van der Waals surface area contributed by atoms with E-state index in [1.165, 1.54) is 0 Å². The van der Waals surface area contributed by atoms with Crippen LogP contribution in [0.15, 0.2) is 0 Å². The molecule has 0 spiro atoms. The Balaban J connectivity index is 1.57. The maximum atomic E-state index is 11.5. The van der Waals surface area contributed by atoms with Crippen LogP contribution in [0.1, 0.15) is 19.3 Å². The van der Waals surface area contributed by atoms with Crippen molar-refractivity contribution in [2.75, 3.05) is 26.2 Å². The van der Waals surface area contributed by atoms with E-state index < -0.39 is 0 Å². The van der Waals surface area contributed by atoms with Crippen LogP contribution in [0, 0.1) is 0 Å². The van der Waals surface area contributed by atoms with E-state index in [0.717, 1.165) is 19.4 Å². The van der Waals surface area contributed by atoms with E-state index in [2.05, 4.69) is 16.0 Å². The monoisotopic (exact) mass is 241 g/mol. The summed E-state index contributed by atoms with van der Waals surface area (Å²) in [5.74, 6) is -0.242. The fraction of sp³-hybridized carbons (Fsp3) is 0.818. The molecule has 2 aliphatic rings. The first kappa shape index (κ1) is 12.3. The van der Waals surface area contributed by atoms with Crippen LogP contribution in [0.2, 0.25) is 0 Å². The van der Waals surface area contributed by atoms with Crippen LogP contribution in [0.5, 0.6) is 0 Å². The van der Waals surface area contributed by atoms with Gasteiger partial charge in [-0.15, -0.1) is 0 Å². The van der Waals surface area contributed by atoms with Gasteiger partial charge in [-0.1, -0.05) is 0 Å². The minimum Gasteiger partial charge on any atom is -0.375 e. The van der Waals surface area contributed by atoms with E-state index in [1.807, 2.05) is 0 Å². The summed E-state index contributed by atoms with van der Waals surface area (Å²) in [4.78, 5) is 22.8. The van der Waals surface area contributed by atoms with Crippen LogP contribution >= 0.6 is 0 Å². The summed E-state index contributed by atoms with van der Waals surface area (Å²) >= 11 is 0. The van der Waals surface area contributed by atoms with Gasteiger partial charge >= 0.3 is 0 Å². The molecule has 3 N–H and O–H groups in total. The largest absolute Gasteiger partial charge is 0.375 e. The number of rotatable bonds is 5. The molecule has 0 aromatic rings. The molecular weight excluding hydrogens is 222 g/mol. The first-order valence-corrected chi connectivity index (χ1v) is 6.12. The molecule has 2 fully saturated rings. The van der Waals surface area contributed by atoms with Crippen molar-refractivity contribution >= 4 is 11.8 Å².